The van der Waals surface area contributed by atoms with Crippen LogP contribution in [0.2, 0.25) is 18.6 Å². The summed E-state index contributed by atoms with van der Waals surface area (Å²) in [7, 11) is 8.15. The van der Waals surface area contributed by atoms with E-state index in [0.717, 1.165) is 58.8 Å². The van der Waals surface area contributed by atoms with Crippen LogP contribution in [0.15, 0.2) is 0 Å². The minimum absolute atomic E-state index is 0. The van der Waals surface area contributed by atoms with Crippen molar-refractivity contribution in [2.24, 2.45) is 53.3 Å². The van der Waals surface area contributed by atoms with E-state index in [-0.39, 0.29) is 14.9 Å². The topological polar surface area (TPSA) is 9.23 Å². The van der Waals surface area contributed by atoms with Crippen LogP contribution < -0.4 is 0 Å². The van der Waals surface area contributed by atoms with Crippen LogP contribution in [0.25, 0.3) is 0 Å². The fraction of sp³-hybridized carbons (Fsp3) is 0.931. The second-order valence-electron chi connectivity index (χ2n) is 13.0. The summed E-state index contributed by atoms with van der Waals surface area (Å²) >= 11 is -0.826. The molecule has 10 unspecified atom stereocenters. The molecule has 5 heteroatoms. The molecule has 0 aromatic carbocycles. The van der Waals surface area contributed by atoms with Crippen molar-refractivity contribution in [2.75, 3.05) is 0 Å². The van der Waals surface area contributed by atoms with Crippen molar-refractivity contribution in [1.82, 2.24) is 0 Å². The van der Waals surface area contributed by atoms with Crippen molar-refractivity contribution in [3.63, 3.8) is 0 Å². The Labute approximate surface area is 233 Å². The summed E-state index contributed by atoms with van der Waals surface area (Å²) in [5.41, 5.74) is 0.959. The Bertz CT molecular complexity index is 597. The molecule has 0 aliphatic heterocycles. The van der Waals surface area contributed by atoms with Crippen molar-refractivity contribution in [1.29, 1.82) is 0 Å². The predicted octanol–water partition coefficient (Wildman–Crippen LogP) is 10.2. The first-order valence-corrected chi connectivity index (χ1v) is 23.3. The molecule has 0 radical (unpaired) electrons. The van der Waals surface area contributed by atoms with Crippen LogP contribution in [0.4, 0.5) is 0 Å². The number of rotatable bonds is 3. The summed E-state index contributed by atoms with van der Waals surface area (Å²) in [5, 5.41) is 0. The minimum atomic E-state index is -1.72. The van der Waals surface area contributed by atoms with Gasteiger partial charge in [-0.1, -0.05) is 72.1 Å². The molecule has 0 aromatic rings. The molecule has 10 atom stereocenters. The Hall–Kier alpha value is 1.64. The fourth-order valence-corrected chi connectivity index (χ4v) is 14.1. The van der Waals surface area contributed by atoms with Gasteiger partial charge in [0.2, 0.25) is 0 Å². The van der Waals surface area contributed by atoms with Gasteiger partial charge in [0.25, 0.3) is 0 Å². The van der Waals surface area contributed by atoms with E-state index in [2.05, 4.69) is 33.9 Å². The summed E-state index contributed by atoms with van der Waals surface area (Å²) in [6.45, 7) is 13.0. The molecule has 0 spiro atoms. The van der Waals surface area contributed by atoms with Crippen LogP contribution in [0, 0.1) is 68.1 Å². The van der Waals surface area contributed by atoms with E-state index in [1.54, 1.807) is 12.8 Å². The summed E-state index contributed by atoms with van der Waals surface area (Å²) in [6, 6.07) is 0. The summed E-state index contributed by atoms with van der Waals surface area (Å²) in [4.78, 5) is 0. The zero-order valence-electron chi connectivity index (χ0n) is 23.3. The number of hydrogen-bond acceptors (Lipinski definition) is 1. The molecule has 0 bridgehead atoms. The average Bonchev–Trinajstić information content (AvgIpc) is 3.27. The van der Waals surface area contributed by atoms with Crippen molar-refractivity contribution in [2.45, 2.75) is 116 Å². The Morgan fingerprint density at radius 1 is 0.647 bits per heavy atom. The maximum atomic E-state index is 7.52. The van der Waals surface area contributed by atoms with Gasteiger partial charge in [0.15, 0.2) is 8.32 Å². The van der Waals surface area contributed by atoms with Crippen LogP contribution in [-0.4, -0.2) is 14.4 Å². The monoisotopic (exact) mass is 606 g/mol. The van der Waals surface area contributed by atoms with Crippen molar-refractivity contribution in [3.05, 3.63) is 14.9 Å². The first-order valence-electron chi connectivity index (χ1n) is 13.9. The van der Waals surface area contributed by atoms with Gasteiger partial charge in [-0.05, 0) is 91.2 Å². The van der Waals surface area contributed by atoms with Crippen LogP contribution in [-0.2, 0) is 25.3 Å². The molecule has 1 nitrogen and oxygen atoms in total. The second-order valence-corrected chi connectivity index (χ2v) is 20.8. The Morgan fingerprint density at radius 2 is 1.09 bits per heavy atom. The summed E-state index contributed by atoms with van der Waals surface area (Å²) < 4.78 is 7.52. The van der Waals surface area contributed by atoms with Gasteiger partial charge < -0.3 is 19.3 Å². The molecule has 0 N–H and O–H groups in total. The van der Waals surface area contributed by atoms with Crippen LogP contribution in [0.3, 0.4) is 0 Å². The molecule has 0 aromatic heterocycles. The molecule has 5 aliphatic carbocycles. The molecule has 0 saturated heterocycles. The molecule has 0 heterocycles. The number of fused-ring (bicyclic) bond motifs is 4. The van der Waals surface area contributed by atoms with E-state index >= 15 is 0 Å². The summed E-state index contributed by atoms with van der Waals surface area (Å²) in [5.74, 6) is 8.56. The quantitative estimate of drug-likeness (QED) is 0.229. The number of halogens is 2. The third-order valence-corrected chi connectivity index (χ3v) is 14.4. The van der Waals surface area contributed by atoms with Gasteiger partial charge >= 0.3 is 37.9 Å². The average molecular weight is 609 g/mol. The van der Waals surface area contributed by atoms with Crippen molar-refractivity contribution in [3.8, 4) is 0 Å². The van der Waals surface area contributed by atoms with Gasteiger partial charge in [-0.3, -0.25) is 0 Å². The van der Waals surface area contributed by atoms with E-state index in [4.69, 9.17) is 21.5 Å². The van der Waals surface area contributed by atoms with E-state index in [0.29, 0.717) is 6.10 Å². The van der Waals surface area contributed by atoms with Crippen LogP contribution >= 0.6 is 17.0 Å². The Balaban J connectivity index is 0.000000778. The Kier molecular flexibility index (Phi) is 12.8. The van der Waals surface area contributed by atoms with Gasteiger partial charge in [-0.15, -0.1) is 0 Å². The first kappa shape index (κ1) is 31.9. The molecular weight excluding hydrogens is 555 g/mol. The first-order chi connectivity index (χ1) is 15.3. The zero-order valence-corrected chi connectivity index (χ0v) is 28.3. The normalized spacial score (nSPS) is 45.2. The van der Waals surface area contributed by atoms with Gasteiger partial charge in [0.05, 0.1) is 6.10 Å². The third-order valence-electron chi connectivity index (χ3n) is 11.0. The van der Waals surface area contributed by atoms with Crippen molar-refractivity contribution >= 4 is 25.3 Å². The third kappa shape index (κ3) is 6.26. The van der Waals surface area contributed by atoms with E-state index < -0.39 is 29.2 Å². The maximum absolute atomic E-state index is 7.52. The molecule has 5 fully saturated rings. The SMILES string of the molecule is CC1CCC(C)C2C1CC(C)C2O[Si](C)(C)C1C2CCCCC2C2CCCCC21.[CH3-].[CH3-].[Cl][Zr+2][Cl]. The van der Waals surface area contributed by atoms with Gasteiger partial charge in [-0.2, -0.15) is 0 Å². The molecule has 34 heavy (non-hydrogen) atoms. The number of hydrogen-bond donors (Lipinski definition) is 0. The molecule has 198 valence electrons. The van der Waals surface area contributed by atoms with E-state index in [9.17, 15) is 0 Å². The molecule has 5 aliphatic rings. The molecule has 0 amide bonds. The van der Waals surface area contributed by atoms with Crippen LogP contribution in [0.5, 0.6) is 0 Å². The van der Waals surface area contributed by atoms with Gasteiger partial charge in [-0.25, -0.2) is 0 Å². The summed E-state index contributed by atoms with van der Waals surface area (Å²) in [6.07, 6.45) is 17.1. The van der Waals surface area contributed by atoms with Crippen molar-refractivity contribution < 1.29 is 25.3 Å². The molecule has 5 saturated carbocycles. The standard InChI is InChI=1S/C27H48OSi.2CH3.2ClH.Zr/c1-17-14-15-18(2)25-24(17)16-19(3)26(25)28-29(4,5)27-22-12-8-6-10-20(22)21-11-7-9-13-23(21)27;;;;;/h17-27H,6-16H2,1-5H3;2*1H3;2*1H;/q;2*-1;;;+4/p-2. The molecular formula is C29H54Cl2OSiZr. The van der Waals surface area contributed by atoms with E-state index in [1.165, 1.54) is 57.8 Å². The Morgan fingerprint density at radius 3 is 1.59 bits per heavy atom. The second kappa shape index (κ2) is 13.6. The van der Waals surface area contributed by atoms with E-state index in [1.807, 2.05) is 0 Å². The van der Waals surface area contributed by atoms with Gasteiger partial charge in [0, 0.05) is 0 Å². The molecule has 5 rings (SSSR count). The van der Waals surface area contributed by atoms with Gasteiger partial charge in [0.1, 0.15) is 0 Å². The zero-order chi connectivity index (χ0) is 23.0. The van der Waals surface area contributed by atoms with Crippen LogP contribution in [0.1, 0.15) is 91.4 Å². The fourth-order valence-electron chi connectivity index (χ4n) is 9.94. The predicted molar refractivity (Wildman–Crippen MR) is 150 cm³/mol.